The summed E-state index contributed by atoms with van der Waals surface area (Å²) in [6.07, 6.45) is -1.99. The predicted molar refractivity (Wildman–Crippen MR) is 63.2 cm³/mol. The molecule has 17 heavy (non-hydrogen) atoms. The van der Waals surface area contributed by atoms with Gasteiger partial charge in [0, 0.05) is 12.7 Å². The second-order valence-electron chi connectivity index (χ2n) is 4.04. The van der Waals surface area contributed by atoms with Crippen molar-refractivity contribution in [2.24, 2.45) is 5.92 Å². The Morgan fingerprint density at radius 1 is 1.47 bits per heavy atom. The highest BCUT2D eigenvalue weighted by Gasteiger charge is 2.30. The quantitative estimate of drug-likeness (QED) is 0.905. The number of thioether (sulfide) groups is 1. The van der Waals surface area contributed by atoms with Gasteiger partial charge in [0.15, 0.2) is 0 Å². The van der Waals surface area contributed by atoms with E-state index in [4.69, 9.17) is 0 Å². The number of nitrogens with one attached hydrogen (secondary N) is 1. The zero-order valence-electron chi connectivity index (χ0n) is 9.13. The number of alkyl halides is 3. The van der Waals surface area contributed by atoms with E-state index in [0.29, 0.717) is 18.3 Å². The smallest absolute Gasteiger partial charge is 0.370 e. The fourth-order valence-electron chi connectivity index (χ4n) is 1.70. The van der Waals surface area contributed by atoms with Crippen molar-refractivity contribution < 1.29 is 13.2 Å². The molecule has 6 heteroatoms. The lowest BCUT2D eigenvalue weighted by Crippen LogP contribution is -2.15. The first-order chi connectivity index (χ1) is 8.05. The topological polar surface area (TPSA) is 24.9 Å². The van der Waals surface area contributed by atoms with E-state index in [1.54, 1.807) is 0 Å². The van der Waals surface area contributed by atoms with Gasteiger partial charge in [-0.05, 0) is 36.0 Å². The largest absolute Gasteiger partial charge is 0.416 e. The van der Waals surface area contributed by atoms with Crippen LogP contribution in [0.1, 0.15) is 12.0 Å². The molecule has 2 rings (SSSR count). The molecule has 2 nitrogen and oxygen atoms in total. The number of rotatable bonds is 3. The van der Waals surface area contributed by atoms with Crippen molar-refractivity contribution in [2.45, 2.75) is 12.6 Å². The second kappa shape index (κ2) is 5.16. The average Bonchev–Trinajstić information content (AvgIpc) is 2.78. The molecule has 0 bridgehead atoms. The van der Waals surface area contributed by atoms with Crippen molar-refractivity contribution in [1.29, 1.82) is 0 Å². The van der Waals surface area contributed by atoms with E-state index in [0.717, 1.165) is 30.1 Å². The van der Waals surface area contributed by atoms with E-state index in [2.05, 4.69) is 10.3 Å². The standard InChI is InChI=1S/C11H13F3N2S/c12-11(13,14)9-1-3-15-10(5-9)16-6-8-2-4-17-7-8/h1,3,5,8H,2,4,6-7H2,(H,15,16). The van der Waals surface area contributed by atoms with Gasteiger partial charge < -0.3 is 5.32 Å². The van der Waals surface area contributed by atoms with Crippen molar-refractivity contribution in [3.8, 4) is 0 Å². The lowest BCUT2D eigenvalue weighted by Gasteiger charge is -2.12. The molecule has 1 aliphatic heterocycles. The first-order valence-electron chi connectivity index (χ1n) is 5.40. The van der Waals surface area contributed by atoms with Gasteiger partial charge in [-0.25, -0.2) is 4.98 Å². The molecule has 1 aromatic rings. The zero-order valence-corrected chi connectivity index (χ0v) is 9.94. The van der Waals surface area contributed by atoms with Crippen LogP contribution >= 0.6 is 11.8 Å². The van der Waals surface area contributed by atoms with Crippen molar-refractivity contribution in [1.82, 2.24) is 4.98 Å². The molecule has 0 amide bonds. The maximum Gasteiger partial charge on any atom is 0.416 e. The van der Waals surface area contributed by atoms with Gasteiger partial charge in [0.1, 0.15) is 5.82 Å². The number of nitrogens with zero attached hydrogens (tertiary/aromatic N) is 1. The molecule has 2 heterocycles. The van der Waals surface area contributed by atoms with Crippen LogP contribution in [0.3, 0.4) is 0 Å². The summed E-state index contributed by atoms with van der Waals surface area (Å²) in [4.78, 5) is 3.90. The Hall–Kier alpha value is -0.910. The molecule has 1 unspecified atom stereocenters. The third-order valence-electron chi connectivity index (χ3n) is 2.68. The molecular formula is C11H13F3N2S. The Morgan fingerprint density at radius 2 is 2.29 bits per heavy atom. The van der Waals surface area contributed by atoms with Crippen LogP contribution in [0, 0.1) is 5.92 Å². The van der Waals surface area contributed by atoms with E-state index < -0.39 is 11.7 Å². The lowest BCUT2D eigenvalue weighted by atomic mass is 10.1. The summed E-state index contributed by atoms with van der Waals surface area (Å²) in [5, 5.41) is 2.97. The van der Waals surface area contributed by atoms with Crippen LogP contribution in [0.25, 0.3) is 0 Å². The SMILES string of the molecule is FC(F)(F)c1ccnc(NCC2CCSC2)c1. The van der Waals surface area contributed by atoms with Crippen molar-refractivity contribution in [3.63, 3.8) is 0 Å². The fraction of sp³-hybridized carbons (Fsp3) is 0.545. The number of pyridine rings is 1. The number of anilines is 1. The molecule has 0 spiro atoms. The number of hydrogen-bond donors (Lipinski definition) is 1. The summed E-state index contributed by atoms with van der Waals surface area (Å²) in [6, 6.07) is 2.04. The number of halogens is 3. The summed E-state index contributed by atoms with van der Waals surface area (Å²) in [7, 11) is 0. The number of aromatic nitrogens is 1. The molecule has 1 N–H and O–H groups in total. The van der Waals surface area contributed by atoms with Gasteiger partial charge in [-0.3, -0.25) is 0 Å². The maximum atomic E-state index is 12.5. The van der Waals surface area contributed by atoms with Gasteiger partial charge in [0.05, 0.1) is 5.56 Å². The highest BCUT2D eigenvalue weighted by molar-refractivity contribution is 7.99. The van der Waals surface area contributed by atoms with Crippen LogP contribution in [-0.2, 0) is 6.18 Å². The molecule has 0 saturated carbocycles. The van der Waals surface area contributed by atoms with Gasteiger partial charge in [-0.15, -0.1) is 0 Å². The monoisotopic (exact) mass is 262 g/mol. The molecule has 0 aliphatic carbocycles. The minimum atomic E-state index is -4.30. The summed E-state index contributed by atoms with van der Waals surface area (Å²) in [6.45, 7) is 0.696. The van der Waals surface area contributed by atoms with Gasteiger partial charge in [-0.2, -0.15) is 24.9 Å². The van der Waals surface area contributed by atoms with E-state index in [1.165, 1.54) is 6.20 Å². The van der Waals surface area contributed by atoms with Gasteiger partial charge in [-0.1, -0.05) is 0 Å². The van der Waals surface area contributed by atoms with Crippen LogP contribution in [0.5, 0.6) is 0 Å². The average molecular weight is 262 g/mol. The number of hydrogen-bond acceptors (Lipinski definition) is 3. The molecule has 1 saturated heterocycles. The Morgan fingerprint density at radius 3 is 2.94 bits per heavy atom. The predicted octanol–water partition coefficient (Wildman–Crippen LogP) is 3.27. The fourth-order valence-corrected chi connectivity index (χ4v) is 2.98. The Kier molecular flexibility index (Phi) is 3.81. The summed E-state index contributed by atoms with van der Waals surface area (Å²) >= 11 is 1.88. The first kappa shape index (κ1) is 12.5. The van der Waals surface area contributed by atoms with Crippen LogP contribution in [0.4, 0.5) is 19.0 Å². The van der Waals surface area contributed by atoms with Gasteiger partial charge in [0.2, 0.25) is 0 Å². The van der Waals surface area contributed by atoms with E-state index >= 15 is 0 Å². The first-order valence-corrected chi connectivity index (χ1v) is 6.56. The third kappa shape index (κ3) is 3.52. The van der Waals surface area contributed by atoms with E-state index in [9.17, 15) is 13.2 Å². The van der Waals surface area contributed by atoms with E-state index in [-0.39, 0.29) is 0 Å². The summed E-state index contributed by atoms with van der Waals surface area (Å²) < 4.78 is 37.4. The molecule has 0 aromatic carbocycles. The maximum absolute atomic E-state index is 12.5. The molecule has 1 fully saturated rings. The van der Waals surface area contributed by atoms with Crippen LogP contribution in [-0.4, -0.2) is 23.0 Å². The van der Waals surface area contributed by atoms with Gasteiger partial charge in [0.25, 0.3) is 0 Å². The molecule has 1 aliphatic rings. The highest BCUT2D eigenvalue weighted by atomic mass is 32.2. The van der Waals surface area contributed by atoms with Crippen molar-refractivity contribution >= 4 is 17.6 Å². The molecular weight excluding hydrogens is 249 g/mol. The summed E-state index contributed by atoms with van der Waals surface area (Å²) in [5.74, 6) is 3.06. The molecule has 0 radical (unpaired) electrons. The minimum absolute atomic E-state index is 0.303. The van der Waals surface area contributed by atoms with Crippen molar-refractivity contribution in [2.75, 3.05) is 23.4 Å². The third-order valence-corrected chi connectivity index (χ3v) is 3.91. The highest BCUT2D eigenvalue weighted by Crippen LogP contribution is 2.30. The van der Waals surface area contributed by atoms with Crippen LogP contribution < -0.4 is 5.32 Å². The molecule has 1 aromatic heterocycles. The Balaban J connectivity index is 1.96. The Labute approximate surface area is 102 Å². The minimum Gasteiger partial charge on any atom is -0.370 e. The zero-order chi connectivity index (χ0) is 12.3. The van der Waals surface area contributed by atoms with Crippen LogP contribution in [0.2, 0.25) is 0 Å². The Bertz CT molecular complexity index is 375. The summed E-state index contributed by atoms with van der Waals surface area (Å²) in [5.41, 5.74) is -0.657. The second-order valence-corrected chi connectivity index (χ2v) is 5.19. The van der Waals surface area contributed by atoms with Crippen LogP contribution in [0.15, 0.2) is 18.3 Å². The van der Waals surface area contributed by atoms with E-state index in [1.807, 2.05) is 11.8 Å². The van der Waals surface area contributed by atoms with Gasteiger partial charge >= 0.3 is 6.18 Å². The van der Waals surface area contributed by atoms with Crippen molar-refractivity contribution in [3.05, 3.63) is 23.9 Å². The normalized spacial score (nSPS) is 20.5. The molecule has 94 valence electrons. The lowest BCUT2D eigenvalue weighted by molar-refractivity contribution is -0.137. The molecule has 1 atom stereocenters.